The zero-order chi connectivity index (χ0) is 18.1. The molecule has 4 rings (SSSR count). The van der Waals surface area contributed by atoms with Crippen molar-refractivity contribution in [3.05, 3.63) is 42.3 Å². The lowest BCUT2D eigenvalue weighted by molar-refractivity contribution is 0.353. The Labute approximate surface area is 149 Å². The van der Waals surface area contributed by atoms with Gasteiger partial charge in [-0.25, -0.2) is 4.98 Å². The number of ether oxygens (including phenoxy) is 2. The van der Waals surface area contributed by atoms with Gasteiger partial charge in [-0.15, -0.1) is 0 Å². The van der Waals surface area contributed by atoms with Crippen LogP contribution in [-0.4, -0.2) is 29.3 Å². The molecule has 0 aliphatic rings. The van der Waals surface area contributed by atoms with Gasteiger partial charge in [-0.1, -0.05) is 18.1 Å². The molecule has 7 heteroatoms. The summed E-state index contributed by atoms with van der Waals surface area (Å²) < 4.78 is 21.8. The molecule has 0 unspecified atom stereocenters. The van der Waals surface area contributed by atoms with Crippen LogP contribution in [-0.2, 0) is 6.42 Å². The molecule has 0 aliphatic carbocycles. The number of fused-ring (bicyclic) bond motifs is 1. The highest BCUT2D eigenvalue weighted by molar-refractivity contribution is 5.79. The van der Waals surface area contributed by atoms with Crippen molar-refractivity contribution >= 4 is 11.1 Å². The van der Waals surface area contributed by atoms with E-state index < -0.39 is 0 Å². The van der Waals surface area contributed by atoms with E-state index in [2.05, 4.69) is 15.1 Å². The fourth-order valence-electron chi connectivity index (χ4n) is 2.77. The molecule has 2 aromatic heterocycles. The van der Waals surface area contributed by atoms with E-state index in [1.807, 2.05) is 43.3 Å². The van der Waals surface area contributed by atoms with Crippen LogP contribution in [0, 0.1) is 0 Å². The largest absolute Gasteiger partial charge is 0.493 e. The van der Waals surface area contributed by atoms with Crippen LogP contribution < -0.4 is 9.47 Å². The average Bonchev–Trinajstić information content (AvgIpc) is 3.33. The molecule has 26 heavy (non-hydrogen) atoms. The second-order valence-corrected chi connectivity index (χ2v) is 5.61. The second-order valence-electron chi connectivity index (χ2n) is 5.61. The van der Waals surface area contributed by atoms with E-state index in [4.69, 9.17) is 18.4 Å². The van der Waals surface area contributed by atoms with Crippen molar-refractivity contribution < 1.29 is 18.4 Å². The quantitative estimate of drug-likeness (QED) is 0.534. The third-order valence-corrected chi connectivity index (χ3v) is 4.05. The molecule has 2 heterocycles. The van der Waals surface area contributed by atoms with E-state index in [0.29, 0.717) is 34.7 Å². The molecule has 0 atom stereocenters. The van der Waals surface area contributed by atoms with Gasteiger partial charge < -0.3 is 18.4 Å². The molecule has 4 aromatic rings. The molecule has 0 aliphatic heterocycles. The molecule has 0 amide bonds. The zero-order valence-corrected chi connectivity index (χ0v) is 14.6. The number of hydrogen-bond donors (Lipinski definition) is 0. The molecule has 0 radical (unpaired) electrons. The average molecular weight is 351 g/mol. The Hall–Kier alpha value is -3.35. The minimum absolute atomic E-state index is 0.352. The van der Waals surface area contributed by atoms with E-state index >= 15 is 0 Å². The summed E-state index contributed by atoms with van der Waals surface area (Å²) >= 11 is 0. The molecule has 0 bridgehead atoms. The van der Waals surface area contributed by atoms with Crippen LogP contribution in [0.4, 0.5) is 0 Å². The molecule has 0 saturated carbocycles. The van der Waals surface area contributed by atoms with E-state index in [0.717, 1.165) is 23.1 Å². The zero-order valence-electron chi connectivity index (χ0n) is 14.6. The van der Waals surface area contributed by atoms with Crippen LogP contribution in [0.25, 0.3) is 33.9 Å². The third kappa shape index (κ3) is 2.67. The Morgan fingerprint density at radius 3 is 2.69 bits per heavy atom. The maximum atomic E-state index is 5.63. The van der Waals surface area contributed by atoms with Gasteiger partial charge in [-0.2, -0.15) is 4.98 Å². The second kappa shape index (κ2) is 6.51. The Morgan fingerprint density at radius 1 is 1.04 bits per heavy atom. The number of methoxy groups -OCH3 is 2. The first-order chi connectivity index (χ1) is 12.7. The molecular weight excluding hydrogens is 334 g/mol. The fourth-order valence-corrected chi connectivity index (χ4v) is 2.77. The van der Waals surface area contributed by atoms with Gasteiger partial charge in [-0.05, 0) is 30.3 Å². The molecule has 0 spiro atoms. The number of aryl methyl sites for hydroxylation is 1. The number of oxazole rings is 1. The van der Waals surface area contributed by atoms with Crippen LogP contribution in [0.1, 0.15) is 12.8 Å². The number of rotatable bonds is 5. The number of aromatic nitrogens is 3. The molecule has 0 N–H and O–H groups in total. The lowest BCUT2D eigenvalue weighted by Crippen LogP contribution is -1.93. The minimum Gasteiger partial charge on any atom is -0.493 e. The van der Waals surface area contributed by atoms with Crippen molar-refractivity contribution in [1.82, 2.24) is 15.1 Å². The van der Waals surface area contributed by atoms with Crippen LogP contribution in [0.2, 0.25) is 0 Å². The number of nitrogens with zero attached hydrogens (tertiary/aromatic N) is 3. The molecular formula is C19H17N3O4. The maximum absolute atomic E-state index is 5.63. The SMILES string of the molecule is CCc1nc2cc(-c3noc(-c4cccc(OC)c4OC)n3)ccc2o1. The van der Waals surface area contributed by atoms with Gasteiger partial charge in [0.25, 0.3) is 5.89 Å². The molecule has 0 fully saturated rings. The van der Waals surface area contributed by atoms with Crippen LogP contribution in [0.15, 0.2) is 45.3 Å². The van der Waals surface area contributed by atoms with Gasteiger partial charge in [-0.3, -0.25) is 0 Å². The standard InChI is InChI=1S/C19H17N3O4/c1-4-16-20-13-10-11(8-9-14(13)25-16)18-21-19(26-22-18)12-6-5-7-15(23-2)17(12)24-3/h5-10H,4H2,1-3H3. The lowest BCUT2D eigenvalue weighted by atomic mass is 10.1. The Morgan fingerprint density at radius 2 is 1.92 bits per heavy atom. The summed E-state index contributed by atoms with van der Waals surface area (Å²) in [7, 11) is 3.15. The van der Waals surface area contributed by atoms with Gasteiger partial charge in [0.15, 0.2) is 23.0 Å². The lowest BCUT2D eigenvalue weighted by Gasteiger charge is -2.09. The number of benzene rings is 2. The molecule has 132 valence electrons. The van der Waals surface area contributed by atoms with Gasteiger partial charge in [0.1, 0.15) is 5.52 Å². The monoisotopic (exact) mass is 351 g/mol. The first kappa shape index (κ1) is 16.1. The van der Waals surface area contributed by atoms with Crippen molar-refractivity contribution in [3.63, 3.8) is 0 Å². The Kier molecular flexibility index (Phi) is 4.04. The summed E-state index contributed by atoms with van der Waals surface area (Å²) in [5.74, 6) is 2.66. The summed E-state index contributed by atoms with van der Waals surface area (Å²) in [6.07, 6.45) is 0.742. The minimum atomic E-state index is 0.352. The van der Waals surface area contributed by atoms with Crippen LogP contribution in [0.5, 0.6) is 11.5 Å². The number of para-hydroxylation sites is 1. The van der Waals surface area contributed by atoms with Crippen molar-refractivity contribution in [2.75, 3.05) is 14.2 Å². The highest BCUT2D eigenvalue weighted by Crippen LogP contribution is 2.37. The summed E-state index contributed by atoms with van der Waals surface area (Å²) in [5.41, 5.74) is 2.97. The van der Waals surface area contributed by atoms with Gasteiger partial charge >= 0.3 is 0 Å². The van der Waals surface area contributed by atoms with Crippen molar-refractivity contribution in [1.29, 1.82) is 0 Å². The summed E-state index contributed by atoms with van der Waals surface area (Å²) in [6, 6.07) is 11.1. The highest BCUT2D eigenvalue weighted by Gasteiger charge is 2.18. The van der Waals surface area contributed by atoms with Crippen molar-refractivity contribution in [3.8, 4) is 34.3 Å². The van der Waals surface area contributed by atoms with E-state index in [1.165, 1.54) is 0 Å². The van der Waals surface area contributed by atoms with Gasteiger partial charge in [0.05, 0.1) is 19.8 Å². The normalized spacial score (nSPS) is 11.0. The smallest absolute Gasteiger partial charge is 0.262 e. The summed E-state index contributed by atoms with van der Waals surface area (Å²) in [4.78, 5) is 8.94. The van der Waals surface area contributed by atoms with E-state index in [1.54, 1.807) is 14.2 Å². The van der Waals surface area contributed by atoms with E-state index in [9.17, 15) is 0 Å². The van der Waals surface area contributed by atoms with Gasteiger partial charge in [0, 0.05) is 12.0 Å². The summed E-state index contributed by atoms with van der Waals surface area (Å²) in [5, 5.41) is 4.09. The van der Waals surface area contributed by atoms with Gasteiger partial charge in [0.2, 0.25) is 5.82 Å². The predicted molar refractivity (Wildman–Crippen MR) is 95.2 cm³/mol. The van der Waals surface area contributed by atoms with Crippen molar-refractivity contribution in [2.45, 2.75) is 13.3 Å². The third-order valence-electron chi connectivity index (χ3n) is 4.05. The molecule has 7 nitrogen and oxygen atoms in total. The fraction of sp³-hybridized carbons (Fsp3) is 0.211. The topological polar surface area (TPSA) is 83.4 Å². The van der Waals surface area contributed by atoms with Crippen molar-refractivity contribution in [2.24, 2.45) is 0 Å². The maximum Gasteiger partial charge on any atom is 0.262 e. The van der Waals surface area contributed by atoms with E-state index in [-0.39, 0.29) is 0 Å². The summed E-state index contributed by atoms with van der Waals surface area (Å²) in [6.45, 7) is 2.00. The molecule has 2 aromatic carbocycles. The Bertz CT molecular complexity index is 1070. The molecule has 0 saturated heterocycles. The highest BCUT2D eigenvalue weighted by atomic mass is 16.5. The van der Waals surface area contributed by atoms with Crippen LogP contribution in [0.3, 0.4) is 0 Å². The van der Waals surface area contributed by atoms with Crippen LogP contribution >= 0.6 is 0 Å². The first-order valence-corrected chi connectivity index (χ1v) is 8.18. The Balaban J connectivity index is 1.75. The number of hydrogen-bond acceptors (Lipinski definition) is 7. The predicted octanol–water partition coefficient (Wildman–Crippen LogP) is 4.12. The first-order valence-electron chi connectivity index (χ1n) is 8.18.